The molecule has 9 heteroatoms. The lowest BCUT2D eigenvalue weighted by atomic mass is 10.2. The second-order valence-electron chi connectivity index (χ2n) is 5.80. The van der Waals surface area contributed by atoms with Crippen molar-refractivity contribution in [3.8, 4) is 11.5 Å². The molecule has 0 heterocycles. The number of ether oxygens (including phenoxy) is 1. The molecule has 0 saturated carbocycles. The standard InChI is InChI=1S/C18H22N4O4S/c1-13-5-3-6-17(11-13)27(23,24)26-16-10-14(2)9-15(12-16)25-8-4-7-21-22-18(19)20/h3,5-7,9-12H,4,8H2,1-2H3,(H4,19,20,22)/b21-7-. The molecule has 0 radical (unpaired) electrons. The van der Waals surface area contributed by atoms with Crippen LogP contribution in [0.15, 0.2) is 57.6 Å². The Morgan fingerprint density at radius 3 is 2.52 bits per heavy atom. The molecule has 2 aromatic rings. The minimum atomic E-state index is -3.93. The van der Waals surface area contributed by atoms with Crippen molar-refractivity contribution in [2.45, 2.75) is 25.2 Å². The number of benzene rings is 2. The topological polar surface area (TPSA) is 129 Å². The third-order valence-corrected chi connectivity index (χ3v) is 4.52. The summed E-state index contributed by atoms with van der Waals surface area (Å²) < 4.78 is 35.8. The van der Waals surface area contributed by atoms with Crippen LogP contribution >= 0.6 is 0 Å². The summed E-state index contributed by atoms with van der Waals surface area (Å²) in [5, 5.41) is 7.13. The molecular formula is C18H22N4O4S. The predicted molar refractivity (Wildman–Crippen MR) is 105 cm³/mol. The van der Waals surface area contributed by atoms with E-state index >= 15 is 0 Å². The van der Waals surface area contributed by atoms with E-state index < -0.39 is 10.1 Å². The van der Waals surface area contributed by atoms with E-state index in [1.165, 1.54) is 18.3 Å². The molecule has 0 aliphatic rings. The Kier molecular flexibility index (Phi) is 6.78. The molecule has 0 unspecified atom stereocenters. The molecule has 0 aliphatic carbocycles. The summed E-state index contributed by atoms with van der Waals surface area (Å²) in [5.41, 5.74) is 11.9. The first kappa shape index (κ1) is 20.2. The van der Waals surface area contributed by atoms with Crippen molar-refractivity contribution in [2.24, 2.45) is 21.7 Å². The summed E-state index contributed by atoms with van der Waals surface area (Å²) in [6.45, 7) is 3.95. The van der Waals surface area contributed by atoms with Gasteiger partial charge in [0.1, 0.15) is 16.4 Å². The number of hydrogen-bond acceptors (Lipinski definition) is 6. The van der Waals surface area contributed by atoms with Gasteiger partial charge in [0.2, 0.25) is 5.96 Å². The van der Waals surface area contributed by atoms with Crippen molar-refractivity contribution in [1.29, 1.82) is 0 Å². The zero-order valence-electron chi connectivity index (χ0n) is 15.1. The van der Waals surface area contributed by atoms with E-state index in [0.717, 1.165) is 11.1 Å². The molecule has 8 nitrogen and oxygen atoms in total. The fourth-order valence-electron chi connectivity index (χ4n) is 2.19. The molecule has 0 aromatic heterocycles. The molecule has 0 aliphatic heterocycles. The summed E-state index contributed by atoms with van der Waals surface area (Å²) in [6.07, 6.45) is 1.98. The summed E-state index contributed by atoms with van der Waals surface area (Å²) in [4.78, 5) is 0.0995. The van der Waals surface area contributed by atoms with E-state index in [-0.39, 0.29) is 16.6 Å². The molecule has 0 atom stereocenters. The Morgan fingerprint density at radius 1 is 1.07 bits per heavy atom. The summed E-state index contributed by atoms with van der Waals surface area (Å²) in [5.74, 6) is 0.544. The van der Waals surface area contributed by atoms with Crippen LogP contribution in [-0.4, -0.2) is 27.2 Å². The van der Waals surface area contributed by atoms with Gasteiger partial charge < -0.3 is 20.4 Å². The molecule has 144 valence electrons. The number of hydrogen-bond donors (Lipinski definition) is 2. The lowest BCUT2D eigenvalue weighted by Gasteiger charge is -2.11. The second kappa shape index (κ2) is 9.04. The minimum absolute atomic E-state index is 0.0995. The third kappa shape index (κ3) is 6.63. The van der Waals surface area contributed by atoms with Crippen LogP contribution in [0.1, 0.15) is 17.5 Å². The van der Waals surface area contributed by atoms with Gasteiger partial charge in [0.05, 0.1) is 6.61 Å². The Bertz CT molecular complexity index is 952. The quantitative estimate of drug-likeness (QED) is 0.233. The van der Waals surface area contributed by atoms with Gasteiger partial charge in [-0.25, -0.2) is 0 Å². The maximum atomic E-state index is 12.5. The van der Waals surface area contributed by atoms with E-state index in [4.69, 9.17) is 20.4 Å². The Balaban J connectivity index is 2.06. The van der Waals surface area contributed by atoms with Crippen LogP contribution < -0.4 is 20.4 Å². The maximum Gasteiger partial charge on any atom is 0.339 e. The highest BCUT2D eigenvalue weighted by Crippen LogP contribution is 2.26. The zero-order valence-corrected chi connectivity index (χ0v) is 15.9. The molecule has 27 heavy (non-hydrogen) atoms. The average Bonchev–Trinajstić information content (AvgIpc) is 2.57. The minimum Gasteiger partial charge on any atom is -0.493 e. The second-order valence-corrected chi connectivity index (χ2v) is 7.34. The molecule has 0 fully saturated rings. The van der Waals surface area contributed by atoms with Crippen LogP contribution in [0.4, 0.5) is 0 Å². The lowest BCUT2D eigenvalue weighted by molar-refractivity contribution is 0.329. The average molecular weight is 390 g/mol. The fraction of sp³-hybridized carbons (Fsp3) is 0.222. The highest BCUT2D eigenvalue weighted by molar-refractivity contribution is 7.87. The monoisotopic (exact) mass is 390 g/mol. The van der Waals surface area contributed by atoms with E-state index in [2.05, 4.69) is 10.2 Å². The van der Waals surface area contributed by atoms with Gasteiger partial charge in [-0.2, -0.15) is 13.5 Å². The molecule has 0 bridgehead atoms. The van der Waals surface area contributed by atoms with E-state index in [9.17, 15) is 8.42 Å². The van der Waals surface area contributed by atoms with Gasteiger partial charge >= 0.3 is 10.1 Å². The van der Waals surface area contributed by atoms with E-state index in [0.29, 0.717) is 18.8 Å². The lowest BCUT2D eigenvalue weighted by Crippen LogP contribution is -2.21. The first-order chi connectivity index (χ1) is 12.8. The fourth-order valence-corrected chi connectivity index (χ4v) is 3.21. The van der Waals surface area contributed by atoms with Crippen LogP contribution in [0.3, 0.4) is 0 Å². The molecular weight excluding hydrogens is 368 g/mol. The van der Waals surface area contributed by atoms with Gasteiger partial charge in [0.15, 0.2) is 0 Å². The molecule has 0 amide bonds. The normalized spacial score (nSPS) is 11.3. The van der Waals surface area contributed by atoms with Gasteiger partial charge in [-0.15, -0.1) is 5.10 Å². The van der Waals surface area contributed by atoms with Crippen molar-refractivity contribution in [3.05, 3.63) is 53.6 Å². The number of nitrogens with zero attached hydrogens (tertiary/aromatic N) is 2. The van der Waals surface area contributed by atoms with Crippen LogP contribution in [0.2, 0.25) is 0 Å². The van der Waals surface area contributed by atoms with Crippen molar-refractivity contribution < 1.29 is 17.3 Å². The number of rotatable bonds is 8. The summed E-state index contributed by atoms with van der Waals surface area (Å²) in [6, 6.07) is 11.4. The Morgan fingerprint density at radius 2 is 1.81 bits per heavy atom. The van der Waals surface area contributed by atoms with Crippen LogP contribution in [0.5, 0.6) is 11.5 Å². The highest BCUT2D eigenvalue weighted by Gasteiger charge is 2.17. The number of nitrogens with two attached hydrogens (primary N) is 2. The predicted octanol–water partition coefficient (Wildman–Crippen LogP) is 2.10. The Hall–Kier alpha value is -3.07. The van der Waals surface area contributed by atoms with Crippen molar-refractivity contribution >= 4 is 22.3 Å². The van der Waals surface area contributed by atoms with Crippen LogP contribution in [-0.2, 0) is 10.1 Å². The highest BCUT2D eigenvalue weighted by atomic mass is 32.2. The first-order valence-electron chi connectivity index (χ1n) is 8.12. The van der Waals surface area contributed by atoms with Gasteiger partial charge in [0.25, 0.3) is 0 Å². The largest absolute Gasteiger partial charge is 0.493 e. The molecule has 2 rings (SSSR count). The summed E-state index contributed by atoms with van der Waals surface area (Å²) >= 11 is 0. The molecule has 0 spiro atoms. The smallest absolute Gasteiger partial charge is 0.339 e. The molecule has 0 saturated heterocycles. The Labute approximate surface area is 158 Å². The van der Waals surface area contributed by atoms with Crippen molar-refractivity contribution in [3.63, 3.8) is 0 Å². The van der Waals surface area contributed by atoms with Gasteiger partial charge in [-0.1, -0.05) is 12.1 Å². The van der Waals surface area contributed by atoms with Crippen molar-refractivity contribution in [1.82, 2.24) is 0 Å². The van der Waals surface area contributed by atoms with E-state index in [1.54, 1.807) is 24.3 Å². The molecule has 2 aromatic carbocycles. The maximum absolute atomic E-state index is 12.5. The zero-order chi connectivity index (χ0) is 19.9. The molecule has 4 N–H and O–H groups in total. The number of guanidine groups is 1. The van der Waals surface area contributed by atoms with Gasteiger partial charge in [-0.05, 0) is 49.2 Å². The first-order valence-corrected chi connectivity index (χ1v) is 9.53. The van der Waals surface area contributed by atoms with Crippen LogP contribution in [0.25, 0.3) is 0 Å². The number of aryl methyl sites for hydroxylation is 2. The van der Waals surface area contributed by atoms with Gasteiger partial charge in [0, 0.05) is 18.7 Å². The summed E-state index contributed by atoms with van der Waals surface area (Å²) in [7, 11) is -3.93. The third-order valence-electron chi connectivity index (χ3n) is 3.28. The van der Waals surface area contributed by atoms with Gasteiger partial charge in [-0.3, -0.25) is 0 Å². The van der Waals surface area contributed by atoms with Crippen LogP contribution in [0, 0.1) is 13.8 Å². The SMILES string of the molecule is Cc1cc(OCC/C=N\N=C(N)N)cc(OS(=O)(=O)c2cccc(C)c2)c1. The van der Waals surface area contributed by atoms with Crippen molar-refractivity contribution in [2.75, 3.05) is 6.61 Å². The van der Waals surface area contributed by atoms with E-state index in [1.807, 2.05) is 19.9 Å².